The van der Waals surface area contributed by atoms with Crippen LogP contribution in [-0.2, 0) is 0 Å². The molecule has 2 N–H and O–H groups in total. The highest BCUT2D eigenvalue weighted by atomic mass is 16.5. The molecule has 6 nitrogen and oxygen atoms in total. The van der Waals surface area contributed by atoms with E-state index in [0.717, 1.165) is 30.5 Å². The zero-order valence-corrected chi connectivity index (χ0v) is 19.2. The summed E-state index contributed by atoms with van der Waals surface area (Å²) in [5, 5.41) is 6.74. The Balaban J connectivity index is 1.67. The number of anilines is 1. The number of carbonyl (C=O) groups excluding carboxylic acids is 1. The van der Waals surface area contributed by atoms with Crippen LogP contribution in [0.3, 0.4) is 0 Å². The minimum atomic E-state index is -0.00785. The van der Waals surface area contributed by atoms with Crippen molar-refractivity contribution in [2.24, 2.45) is 5.92 Å². The molecule has 170 valence electrons. The average Bonchev–Trinajstić information content (AvgIpc) is 3.32. The van der Waals surface area contributed by atoms with Crippen molar-refractivity contribution in [3.8, 4) is 17.2 Å². The molecule has 32 heavy (non-hydrogen) atoms. The lowest BCUT2D eigenvalue weighted by atomic mass is 9.76. The van der Waals surface area contributed by atoms with Crippen LogP contribution in [0.5, 0.6) is 17.2 Å². The molecule has 4 rings (SSSR count). The Hall–Kier alpha value is -3.15. The first-order valence-corrected chi connectivity index (χ1v) is 11.3. The van der Waals surface area contributed by atoms with Gasteiger partial charge in [-0.05, 0) is 60.2 Å². The molecule has 1 aliphatic heterocycles. The van der Waals surface area contributed by atoms with E-state index in [9.17, 15) is 4.79 Å². The number of ether oxygens (including phenoxy) is 3. The van der Waals surface area contributed by atoms with E-state index in [1.165, 1.54) is 5.56 Å². The number of hydrogen-bond acceptors (Lipinski definition) is 5. The number of unbranched alkanes of at least 4 members (excludes halogenated alkanes) is 1. The van der Waals surface area contributed by atoms with Gasteiger partial charge in [0.05, 0.1) is 27.4 Å². The number of nitrogens with one attached hydrogen (secondary N) is 2. The lowest BCUT2D eigenvalue weighted by Gasteiger charge is -2.38. The van der Waals surface area contributed by atoms with Gasteiger partial charge in [0.1, 0.15) is 0 Å². The number of methoxy groups -OCH3 is 3. The quantitative estimate of drug-likeness (QED) is 0.447. The summed E-state index contributed by atoms with van der Waals surface area (Å²) < 4.78 is 16.7. The maximum Gasteiger partial charge on any atom is 0.251 e. The Bertz CT molecular complexity index is 992. The predicted octanol–water partition coefficient (Wildman–Crippen LogP) is 5.07. The first-order valence-electron chi connectivity index (χ1n) is 11.3. The molecule has 2 aromatic carbocycles. The topological polar surface area (TPSA) is 68.8 Å². The van der Waals surface area contributed by atoms with Crippen LogP contribution in [0, 0.1) is 5.92 Å². The van der Waals surface area contributed by atoms with E-state index in [4.69, 9.17) is 14.2 Å². The monoisotopic (exact) mass is 436 g/mol. The van der Waals surface area contributed by atoms with E-state index in [0.29, 0.717) is 35.3 Å². The van der Waals surface area contributed by atoms with E-state index < -0.39 is 0 Å². The maximum atomic E-state index is 12.6. The van der Waals surface area contributed by atoms with Gasteiger partial charge < -0.3 is 24.8 Å². The van der Waals surface area contributed by atoms with Crippen LogP contribution in [0.1, 0.15) is 59.6 Å². The molecule has 1 aliphatic carbocycles. The van der Waals surface area contributed by atoms with Gasteiger partial charge >= 0.3 is 0 Å². The fourth-order valence-electron chi connectivity index (χ4n) is 4.83. The van der Waals surface area contributed by atoms with Gasteiger partial charge in [-0.25, -0.2) is 0 Å². The molecule has 2 aliphatic rings. The first kappa shape index (κ1) is 22.1. The van der Waals surface area contributed by atoms with Crippen molar-refractivity contribution in [2.45, 2.75) is 38.1 Å². The SMILES string of the molecule is CCCCNC(=O)c1ccc2c(c1)C1C=CCC1C(c1cc(OC)c(OC)c(OC)c1)N2. The zero-order chi connectivity index (χ0) is 22.7. The second kappa shape index (κ2) is 9.55. The Morgan fingerprint density at radius 1 is 1.09 bits per heavy atom. The maximum absolute atomic E-state index is 12.6. The van der Waals surface area contributed by atoms with Crippen LogP contribution in [-0.4, -0.2) is 33.8 Å². The average molecular weight is 437 g/mol. The Labute approximate surface area is 189 Å². The van der Waals surface area contributed by atoms with Gasteiger partial charge in [0.2, 0.25) is 5.75 Å². The molecular formula is C26H32N2O4. The number of hydrogen-bond donors (Lipinski definition) is 2. The molecule has 0 spiro atoms. The van der Waals surface area contributed by atoms with E-state index in [1.807, 2.05) is 30.3 Å². The van der Waals surface area contributed by atoms with E-state index in [2.05, 4.69) is 29.7 Å². The van der Waals surface area contributed by atoms with Crippen LogP contribution in [0.25, 0.3) is 0 Å². The highest BCUT2D eigenvalue weighted by Crippen LogP contribution is 2.51. The third-order valence-electron chi connectivity index (χ3n) is 6.49. The van der Waals surface area contributed by atoms with Crippen molar-refractivity contribution in [1.29, 1.82) is 0 Å². The van der Waals surface area contributed by atoms with Gasteiger partial charge in [0.15, 0.2) is 11.5 Å². The largest absolute Gasteiger partial charge is 0.493 e. The van der Waals surface area contributed by atoms with Crippen LogP contribution in [0.4, 0.5) is 5.69 Å². The number of allylic oxidation sites excluding steroid dienone is 2. The van der Waals surface area contributed by atoms with E-state index >= 15 is 0 Å². The van der Waals surface area contributed by atoms with Crippen molar-refractivity contribution < 1.29 is 19.0 Å². The summed E-state index contributed by atoms with van der Waals surface area (Å²) in [5.41, 5.74) is 4.04. The Morgan fingerprint density at radius 3 is 2.50 bits per heavy atom. The summed E-state index contributed by atoms with van der Waals surface area (Å²) >= 11 is 0. The van der Waals surface area contributed by atoms with Crippen molar-refractivity contribution in [3.05, 3.63) is 59.2 Å². The molecule has 0 saturated heterocycles. The van der Waals surface area contributed by atoms with Crippen molar-refractivity contribution in [1.82, 2.24) is 5.32 Å². The van der Waals surface area contributed by atoms with Gasteiger partial charge in [-0.1, -0.05) is 25.5 Å². The molecule has 3 atom stereocenters. The summed E-state index contributed by atoms with van der Waals surface area (Å²) in [4.78, 5) is 12.6. The summed E-state index contributed by atoms with van der Waals surface area (Å²) in [6, 6.07) is 10.1. The highest BCUT2D eigenvalue weighted by molar-refractivity contribution is 5.95. The first-order chi connectivity index (χ1) is 15.6. The fourth-order valence-corrected chi connectivity index (χ4v) is 4.83. The third kappa shape index (κ3) is 4.01. The summed E-state index contributed by atoms with van der Waals surface area (Å²) in [6.07, 6.45) is 7.53. The smallest absolute Gasteiger partial charge is 0.251 e. The van der Waals surface area contributed by atoms with Gasteiger partial charge in [-0.3, -0.25) is 4.79 Å². The number of amides is 1. The van der Waals surface area contributed by atoms with Crippen molar-refractivity contribution >= 4 is 11.6 Å². The zero-order valence-electron chi connectivity index (χ0n) is 19.2. The number of benzene rings is 2. The molecule has 0 saturated carbocycles. The third-order valence-corrected chi connectivity index (χ3v) is 6.49. The molecule has 0 fully saturated rings. The predicted molar refractivity (Wildman–Crippen MR) is 126 cm³/mol. The standard InChI is InChI=1S/C26H32N2O4/c1-5-6-12-27-26(29)16-10-11-21-20(13-16)18-8-7-9-19(18)24(28-21)17-14-22(30-2)25(32-4)23(15-17)31-3/h7-8,10-11,13-15,18-19,24,28H,5-6,9,12H2,1-4H3,(H,27,29). The molecule has 6 heteroatoms. The fraction of sp³-hybridized carbons (Fsp3) is 0.423. The molecule has 1 amide bonds. The van der Waals surface area contributed by atoms with E-state index in [1.54, 1.807) is 21.3 Å². The Kier molecular flexibility index (Phi) is 6.58. The van der Waals surface area contributed by atoms with Gasteiger partial charge in [0.25, 0.3) is 5.91 Å². The highest BCUT2D eigenvalue weighted by Gasteiger charge is 2.38. The molecule has 0 aromatic heterocycles. The molecule has 0 bridgehead atoms. The molecule has 3 unspecified atom stereocenters. The van der Waals surface area contributed by atoms with Crippen LogP contribution < -0.4 is 24.8 Å². The van der Waals surface area contributed by atoms with Crippen molar-refractivity contribution in [2.75, 3.05) is 33.2 Å². The molecule has 0 radical (unpaired) electrons. The molecule has 1 heterocycles. The van der Waals surface area contributed by atoms with Crippen LogP contribution in [0.15, 0.2) is 42.5 Å². The second-order valence-corrected chi connectivity index (χ2v) is 8.35. The Morgan fingerprint density at radius 2 is 1.84 bits per heavy atom. The normalized spacial score (nSPS) is 20.7. The summed E-state index contributed by atoms with van der Waals surface area (Å²) in [6.45, 7) is 2.83. The summed E-state index contributed by atoms with van der Waals surface area (Å²) in [5.74, 6) is 2.47. The number of carbonyl (C=O) groups is 1. The number of fused-ring (bicyclic) bond motifs is 3. The lowest BCUT2D eigenvalue weighted by molar-refractivity contribution is 0.0953. The number of rotatable bonds is 8. The van der Waals surface area contributed by atoms with Gasteiger partial charge in [0, 0.05) is 23.7 Å². The van der Waals surface area contributed by atoms with Crippen LogP contribution in [0.2, 0.25) is 0 Å². The molecular weight excluding hydrogens is 404 g/mol. The minimum absolute atomic E-state index is 0.00785. The van der Waals surface area contributed by atoms with Crippen molar-refractivity contribution in [3.63, 3.8) is 0 Å². The lowest BCUT2D eigenvalue weighted by Crippen LogP contribution is -2.30. The molecule has 2 aromatic rings. The minimum Gasteiger partial charge on any atom is -0.493 e. The summed E-state index contributed by atoms with van der Waals surface area (Å²) in [7, 11) is 4.89. The van der Waals surface area contributed by atoms with E-state index in [-0.39, 0.29) is 17.9 Å². The van der Waals surface area contributed by atoms with Crippen LogP contribution >= 0.6 is 0 Å². The second-order valence-electron chi connectivity index (χ2n) is 8.35. The van der Waals surface area contributed by atoms with Gasteiger partial charge in [-0.15, -0.1) is 0 Å². The van der Waals surface area contributed by atoms with Gasteiger partial charge in [-0.2, -0.15) is 0 Å².